The van der Waals surface area contributed by atoms with Crippen molar-refractivity contribution in [3.8, 4) is 0 Å². The molecule has 4 heteroatoms. The van der Waals surface area contributed by atoms with E-state index >= 15 is 0 Å². The quantitative estimate of drug-likeness (QED) is 0.568. The fourth-order valence-corrected chi connectivity index (χ4v) is 2.27. The molecule has 0 aliphatic carbocycles. The van der Waals surface area contributed by atoms with Gasteiger partial charge in [0.1, 0.15) is 9.53 Å². The second-order valence-corrected chi connectivity index (χ2v) is 3.94. The zero-order valence-corrected chi connectivity index (χ0v) is 9.05. The largest absolute Gasteiger partial charge is 0.312 e. The van der Waals surface area contributed by atoms with E-state index in [4.69, 9.17) is 0 Å². The SMILES string of the molecule is Cc1nc(I)c2c(n1)CCNC2. The summed E-state index contributed by atoms with van der Waals surface area (Å²) in [6.45, 7) is 3.91. The molecule has 12 heavy (non-hydrogen) atoms. The van der Waals surface area contributed by atoms with Gasteiger partial charge in [-0.3, -0.25) is 0 Å². The summed E-state index contributed by atoms with van der Waals surface area (Å²) in [5, 5.41) is 3.32. The molecule has 0 atom stereocenters. The zero-order chi connectivity index (χ0) is 8.55. The van der Waals surface area contributed by atoms with Gasteiger partial charge >= 0.3 is 0 Å². The van der Waals surface area contributed by atoms with E-state index in [0.29, 0.717) is 0 Å². The predicted octanol–water partition coefficient (Wildman–Crippen LogP) is 1.04. The molecule has 0 saturated heterocycles. The van der Waals surface area contributed by atoms with Crippen LogP contribution in [-0.4, -0.2) is 16.5 Å². The molecule has 2 rings (SSSR count). The molecule has 0 amide bonds. The Hall–Kier alpha value is -0.230. The van der Waals surface area contributed by atoms with Crippen LogP contribution in [0.3, 0.4) is 0 Å². The normalized spacial score (nSPS) is 15.8. The number of rotatable bonds is 0. The van der Waals surface area contributed by atoms with E-state index in [2.05, 4.69) is 37.9 Å². The summed E-state index contributed by atoms with van der Waals surface area (Å²) in [4.78, 5) is 8.74. The fraction of sp³-hybridized carbons (Fsp3) is 0.500. The lowest BCUT2D eigenvalue weighted by molar-refractivity contribution is 0.618. The second kappa shape index (κ2) is 3.26. The first-order valence-corrected chi connectivity index (χ1v) is 5.08. The highest BCUT2D eigenvalue weighted by molar-refractivity contribution is 14.1. The molecule has 1 N–H and O–H groups in total. The molecule has 1 aromatic heterocycles. The maximum absolute atomic E-state index is 4.42. The minimum absolute atomic E-state index is 0.889. The summed E-state index contributed by atoms with van der Waals surface area (Å²) >= 11 is 2.28. The van der Waals surface area contributed by atoms with Gasteiger partial charge in [-0.25, -0.2) is 9.97 Å². The number of fused-ring (bicyclic) bond motifs is 1. The standard InChI is InChI=1S/C8H10IN3/c1-5-11-7-2-3-10-4-6(7)8(9)12-5/h10H,2-4H2,1H3. The molecule has 1 aromatic rings. The van der Waals surface area contributed by atoms with Gasteiger partial charge in [0, 0.05) is 25.1 Å². The Kier molecular flexibility index (Phi) is 2.27. The Morgan fingerprint density at radius 3 is 3.08 bits per heavy atom. The van der Waals surface area contributed by atoms with Crippen molar-refractivity contribution < 1.29 is 0 Å². The average Bonchev–Trinajstić information content (AvgIpc) is 2.04. The minimum atomic E-state index is 0.889. The van der Waals surface area contributed by atoms with E-state index in [1.165, 1.54) is 11.3 Å². The molecule has 0 unspecified atom stereocenters. The molecular formula is C8H10IN3. The van der Waals surface area contributed by atoms with Crippen molar-refractivity contribution in [2.24, 2.45) is 0 Å². The number of hydrogen-bond acceptors (Lipinski definition) is 3. The van der Waals surface area contributed by atoms with Crippen molar-refractivity contribution in [1.29, 1.82) is 0 Å². The van der Waals surface area contributed by atoms with Gasteiger partial charge in [0.25, 0.3) is 0 Å². The van der Waals surface area contributed by atoms with Crippen LogP contribution in [-0.2, 0) is 13.0 Å². The van der Waals surface area contributed by atoms with E-state index in [0.717, 1.165) is 29.0 Å². The molecule has 64 valence electrons. The lowest BCUT2D eigenvalue weighted by Crippen LogP contribution is -2.26. The third-order valence-electron chi connectivity index (χ3n) is 1.99. The summed E-state index contributed by atoms with van der Waals surface area (Å²) in [6.07, 6.45) is 1.04. The first-order valence-electron chi connectivity index (χ1n) is 4.00. The third-order valence-corrected chi connectivity index (χ3v) is 2.89. The monoisotopic (exact) mass is 275 g/mol. The molecule has 0 saturated carbocycles. The average molecular weight is 275 g/mol. The number of nitrogens with zero attached hydrogens (tertiary/aromatic N) is 2. The molecule has 0 fully saturated rings. The van der Waals surface area contributed by atoms with Crippen LogP contribution in [0.15, 0.2) is 0 Å². The van der Waals surface area contributed by atoms with E-state index in [-0.39, 0.29) is 0 Å². The molecule has 1 aliphatic heterocycles. The lowest BCUT2D eigenvalue weighted by atomic mass is 10.1. The highest BCUT2D eigenvalue weighted by Crippen LogP contribution is 2.16. The van der Waals surface area contributed by atoms with E-state index in [9.17, 15) is 0 Å². The Morgan fingerprint density at radius 2 is 2.25 bits per heavy atom. The smallest absolute Gasteiger partial charge is 0.126 e. The fourth-order valence-electron chi connectivity index (χ4n) is 1.42. The number of nitrogens with one attached hydrogen (secondary N) is 1. The van der Waals surface area contributed by atoms with Crippen LogP contribution in [0.1, 0.15) is 17.1 Å². The van der Waals surface area contributed by atoms with Crippen molar-refractivity contribution in [1.82, 2.24) is 15.3 Å². The van der Waals surface area contributed by atoms with Crippen molar-refractivity contribution in [3.63, 3.8) is 0 Å². The highest BCUT2D eigenvalue weighted by atomic mass is 127. The molecule has 3 nitrogen and oxygen atoms in total. The van der Waals surface area contributed by atoms with Crippen molar-refractivity contribution in [3.05, 3.63) is 20.8 Å². The van der Waals surface area contributed by atoms with Crippen LogP contribution in [0.2, 0.25) is 0 Å². The third kappa shape index (κ3) is 1.45. The maximum Gasteiger partial charge on any atom is 0.126 e. The topological polar surface area (TPSA) is 37.8 Å². The Morgan fingerprint density at radius 1 is 1.42 bits per heavy atom. The van der Waals surface area contributed by atoms with Gasteiger partial charge in [-0.2, -0.15) is 0 Å². The summed E-state index contributed by atoms with van der Waals surface area (Å²) in [6, 6.07) is 0. The van der Waals surface area contributed by atoms with Gasteiger partial charge < -0.3 is 5.32 Å². The number of hydrogen-bond donors (Lipinski definition) is 1. The zero-order valence-electron chi connectivity index (χ0n) is 6.89. The summed E-state index contributed by atoms with van der Waals surface area (Å²) in [5.74, 6) is 0.889. The molecular weight excluding hydrogens is 265 g/mol. The minimum Gasteiger partial charge on any atom is -0.312 e. The van der Waals surface area contributed by atoms with Crippen molar-refractivity contribution in [2.45, 2.75) is 19.9 Å². The number of aromatic nitrogens is 2. The van der Waals surface area contributed by atoms with Crippen LogP contribution in [0.5, 0.6) is 0 Å². The van der Waals surface area contributed by atoms with Gasteiger partial charge in [0.2, 0.25) is 0 Å². The van der Waals surface area contributed by atoms with Crippen LogP contribution >= 0.6 is 22.6 Å². The number of aryl methyl sites for hydroxylation is 1. The Balaban J connectivity index is 2.53. The van der Waals surface area contributed by atoms with Gasteiger partial charge in [-0.1, -0.05) is 0 Å². The first kappa shape index (κ1) is 8.37. The van der Waals surface area contributed by atoms with E-state index in [1.54, 1.807) is 0 Å². The molecule has 2 heterocycles. The predicted molar refractivity (Wildman–Crippen MR) is 54.9 cm³/mol. The van der Waals surface area contributed by atoms with E-state index < -0.39 is 0 Å². The molecule has 0 bridgehead atoms. The molecule has 0 radical (unpaired) electrons. The summed E-state index contributed by atoms with van der Waals surface area (Å²) in [5.41, 5.74) is 2.51. The van der Waals surface area contributed by atoms with Crippen LogP contribution in [0.25, 0.3) is 0 Å². The van der Waals surface area contributed by atoms with Gasteiger partial charge in [0.05, 0.1) is 5.69 Å². The Bertz CT molecular complexity index is 311. The Labute approximate surface area is 85.1 Å². The highest BCUT2D eigenvalue weighted by Gasteiger charge is 2.14. The van der Waals surface area contributed by atoms with Gasteiger partial charge in [-0.15, -0.1) is 0 Å². The van der Waals surface area contributed by atoms with Crippen LogP contribution in [0.4, 0.5) is 0 Å². The van der Waals surface area contributed by atoms with Crippen LogP contribution in [0, 0.1) is 10.6 Å². The summed E-state index contributed by atoms with van der Waals surface area (Å²) < 4.78 is 1.10. The van der Waals surface area contributed by atoms with Gasteiger partial charge in [0.15, 0.2) is 0 Å². The molecule has 1 aliphatic rings. The lowest BCUT2D eigenvalue weighted by Gasteiger charge is -2.16. The maximum atomic E-state index is 4.42. The van der Waals surface area contributed by atoms with E-state index in [1.807, 2.05) is 6.92 Å². The van der Waals surface area contributed by atoms with Gasteiger partial charge in [-0.05, 0) is 29.5 Å². The molecule has 0 spiro atoms. The van der Waals surface area contributed by atoms with Crippen LogP contribution < -0.4 is 5.32 Å². The number of halogens is 1. The summed E-state index contributed by atoms with van der Waals surface area (Å²) in [7, 11) is 0. The van der Waals surface area contributed by atoms with Crippen molar-refractivity contribution in [2.75, 3.05) is 6.54 Å². The second-order valence-electron chi connectivity index (χ2n) is 2.91. The molecule has 0 aromatic carbocycles. The first-order chi connectivity index (χ1) is 5.77. The van der Waals surface area contributed by atoms with Crippen molar-refractivity contribution >= 4 is 22.6 Å².